The van der Waals surface area contributed by atoms with E-state index >= 15 is 0 Å². The van der Waals surface area contributed by atoms with Crippen LogP contribution in [-0.2, 0) is 6.18 Å². The number of piperidine rings is 1. The third kappa shape index (κ3) is 4.69. The summed E-state index contributed by atoms with van der Waals surface area (Å²) in [6, 6.07) is 12.1. The van der Waals surface area contributed by atoms with Crippen LogP contribution in [-0.4, -0.2) is 37.0 Å². The molecule has 1 heterocycles. The first-order valence-corrected chi connectivity index (χ1v) is 9.11. The van der Waals surface area contributed by atoms with Crippen LogP contribution in [0.2, 0.25) is 0 Å². The summed E-state index contributed by atoms with van der Waals surface area (Å²) in [5.41, 5.74) is 0.316. The first kappa shape index (κ1) is 19.4. The monoisotopic (exact) mass is 376 g/mol. The Kier molecular flexibility index (Phi) is 5.85. The van der Waals surface area contributed by atoms with Crippen molar-refractivity contribution in [3.63, 3.8) is 0 Å². The van der Waals surface area contributed by atoms with Crippen LogP contribution in [0.15, 0.2) is 48.5 Å². The van der Waals surface area contributed by atoms with Crippen molar-refractivity contribution >= 4 is 5.91 Å². The predicted octanol–water partition coefficient (Wildman–Crippen LogP) is 4.59. The topological polar surface area (TPSA) is 32.3 Å². The summed E-state index contributed by atoms with van der Waals surface area (Å²) >= 11 is 0. The average Bonchev–Trinajstić information content (AvgIpc) is 2.66. The molecule has 1 N–H and O–H groups in total. The first-order chi connectivity index (χ1) is 12.9. The number of amides is 1. The number of nitrogens with zero attached hydrogens (tertiary/aromatic N) is 1. The number of nitrogens with one attached hydrogen (secondary N) is 1. The van der Waals surface area contributed by atoms with E-state index in [2.05, 4.69) is 17.3 Å². The van der Waals surface area contributed by atoms with Gasteiger partial charge in [-0.1, -0.05) is 36.8 Å². The van der Waals surface area contributed by atoms with E-state index in [9.17, 15) is 18.0 Å². The van der Waals surface area contributed by atoms with Crippen LogP contribution in [0.1, 0.15) is 35.2 Å². The van der Waals surface area contributed by atoms with Gasteiger partial charge in [0.2, 0.25) is 0 Å². The molecule has 1 aliphatic rings. The molecule has 3 rings (SSSR count). The van der Waals surface area contributed by atoms with Crippen LogP contribution in [0.3, 0.4) is 0 Å². The highest BCUT2D eigenvalue weighted by molar-refractivity contribution is 5.94. The standard InChI is InChI=1S/C21H23F3N2O/c1-26-13-5-4-6-17(26)14-25-20(27)16-11-9-15(10-12-16)18-7-2-3-8-19(18)21(22,23)24/h2-3,7-12,17H,4-6,13-14H2,1H3,(H,25,27)/t17-/m1/s1. The molecule has 144 valence electrons. The molecule has 1 fully saturated rings. The molecular weight excluding hydrogens is 353 g/mol. The Morgan fingerprint density at radius 2 is 1.81 bits per heavy atom. The first-order valence-electron chi connectivity index (χ1n) is 9.11. The zero-order valence-corrected chi connectivity index (χ0v) is 15.2. The van der Waals surface area contributed by atoms with Crippen LogP contribution in [0.5, 0.6) is 0 Å². The molecule has 0 bridgehead atoms. The van der Waals surface area contributed by atoms with Gasteiger partial charge in [-0.05, 0) is 55.8 Å². The van der Waals surface area contributed by atoms with Crippen LogP contribution in [0.25, 0.3) is 11.1 Å². The lowest BCUT2D eigenvalue weighted by Gasteiger charge is -2.32. The van der Waals surface area contributed by atoms with E-state index in [0.717, 1.165) is 25.5 Å². The van der Waals surface area contributed by atoms with Gasteiger partial charge in [0.1, 0.15) is 0 Å². The fraction of sp³-hybridized carbons (Fsp3) is 0.381. The van der Waals surface area contributed by atoms with Crippen molar-refractivity contribution in [2.45, 2.75) is 31.5 Å². The lowest BCUT2D eigenvalue weighted by atomic mass is 9.98. The lowest BCUT2D eigenvalue weighted by molar-refractivity contribution is -0.137. The Morgan fingerprint density at radius 1 is 1.11 bits per heavy atom. The van der Waals surface area contributed by atoms with Gasteiger partial charge in [-0.2, -0.15) is 13.2 Å². The van der Waals surface area contributed by atoms with Gasteiger partial charge >= 0.3 is 6.18 Å². The third-order valence-corrected chi connectivity index (χ3v) is 5.11. The number of likely N-dealkylation sites (tertiary alicyclic amines) is 1. The van der Waals surface area contributed by atoms with Crippen molar-refractivity contribution in [3.05, 3.63) is 59.7 Å². The smallest absolute Gasteiger partial charge is 0.350 e. The van der Waals surface area contributed by atoms with E-state index < -0.39 is 11.7 Å². The van der Waals surface area contributed by atoms with Crippen LogP contribution in [0.4, 0.5) is 13.2 Å². The number of hydrogen-bond donors (Lipinski definition) is 1. The Balaban J connectivity index is 1.70. The van der Waals surface area contributed by atoms with Crippen LogP contribution >= 0.6 is 0 Å². The molecule has 0 spiro atoms. The molecule has 27 heavy (non-hydrogen) atoms. The Labute approximate surface area is 157 Å². The fourth-order valence-corrected chi connectivity index (χ4v) is 3.50. The normalized spacial score (nSPS) is 18.3. The number of benzene rings is 2. The zero-order chi connectivity index (χ0) is 19.4. The quantitative estimate of drug-likeness (QED) is 0.847. The van der Waals surface area contributed by atoms with Gasteiger partial charge in [-0.15, -0.1) is 0 Å². The maximum atomic E-state index is 13.2. The molecule has 1 saturated heterocycles. The number of alkyl halides is 3. The summed E-state index contributed by atoms with van der Waals surface area (Å²) < 4.78 is 39.5. The van der Waals surface area contributed by atoms with Gasteiger partial charge in [0, 0.05) is 18.2 Å². The number of halogens is 3. The van der Waals surface area contributed by atoms with Gasteiger partial charge in [0.05, 0.1) is 5.56 Å². The van der Waals surface area contributed by atoms with Gasteiger partial charge in [0.15, 0.2) is 0 Å². The Hall–Kier alpha value is -2.34. The molecule has 1 aliphatic heterocycles. The van der Waals surface area contributed by atoms with Gasteiger partial charge < -0.3 is 10.2 Å². The minimum Gasteiger partial charge on any atom is -0.350 e. The van der Waals surface area contributed by atoms with E-state index in [1.807, 2.05) is 0 Å². The molecule has 6 heteroatoms. The second kappa shape index (κ2) is 8.13. The van der Waals surface area contributed by atoms with Crippen molar-refractivity contribution < 1.29 is 18.0 Å². The molecule has 0 aromatic heterocycles. The predicted molar refractivity (Wildman–Crippen MR) is 99.5 cm³/mol. The van der Waals surface area contributed by atoms with Crippen LogP contribution in [0, 0.1) is 0 Å². The van der Waals surface area contributed by atoms with E-state index in [1.54, 1.807) is 30.3 Å². The molecule has 3 nitrogen and oxygen atoms in total. The molecule has 2 aromatic rings. The molecule has 1 atom stereocenters. The fourth-order valence-electron chi connectivity index (χ4n) is 3.50. The lowest BCUT2D eigenvalue weighted by Crippen LogP contribution is -2.44. The Bertz CT molecular complexity index is 787. The second-order valence-corrected chi connectivity index (χ2v) is 6.96. The number of carbonyl (C=O) groups excluding carboxylic acids is 1. The Morgan fingerprint density at radius 3 is 2.48 bits per heavy atom. The van der Waals surface area contributed by atoms with E-state index in [-0.39, 0.29) is 11.5 Å². The van der Waals surface area contributed by atoms with Gasteiger partial charge in [0.25, 0.3) is 5.91 Å². The van der Waals surface area contributed by atoms with Crippen molar-refractivity contribution in [1.82, 2.24) is 10.2 Å². The highest BCUT2D eigenvalue weighted by Gasteiger charge is 2.33. The summed E-state index contributed by atoms with van der Waals surface area (Å²) in [5, 5.41) is 2.93. The average molecular weight is 376 g/mol. The third-order valence-electron chi connectivity index (χ3n) is 5.11. The summed E-state index contributed by atoms with van der Waals surface area (Å²) in [4.78, 5) is 14.6. The molecule has 2 aromatic carbocycles. The SMILES string of the molecule is CN1CCCC[C@@H]1CNC(=O)c1ccc(-c2ccccc2C(F)(F)F)cc1. The highest BCUT2D eigenvalue weighted by atomic mass is 19.4. The number of carbonyl (C=O) groups is 1. The molecule has 0 unspecified atom stereocenters. The maximum Gasteiger partial charge on any atom is 0.417 e. The summed E-state index contributed by atoms with van der Waals surface area (Å²) in [7, 11) is 2.06. The van der Waals surface area contributed by atoms with Crippen molar-refractivity contribution in [1.29, 1.82) is 0 Å². The molecular formula is C21H23F3N2O. The van der Waals surface area contributed by atoms with E-state index in [4.69, 9.17) is 0 Å². The second-order valence-electron chi connectivity index (χ2n) is 6.96. The number of hydrogen-bond acceptors (Lipinski definition) is 2. The largest absolute Gasteiger partial charge is 0.417 e. The van der Waals surface area contributed by atoms with Crippen LogP contribution < -0.4 is 5.32 Å². The van der Waals surface area contributed by atoms with Crippen molar-refractivity contribution in [2.75, 3.05) is 20.1 Å². The maximum absolute atomic E-state index is 13.2. The minimum absolute atomic E-state index is 0.112. The molecule has 0 radical (unpaired) electrons. The molecule has 0 aliphatic carbocycles. The van der Waals surface area contributed by atoms with Crippen molar-refractivity contribution in [3.8, 4) is 11.1 Å². The van der Waals surface area contributed by atoms with E-state index in [0.29, 0.717) is 23.7 Å². The summed E-state index contributed by atoms with van der Waals surface area (Å²) in [6.07, 6.45) is -1.01. The van der Waals surface area contributed by atoms with Gasteiger partial charge in [-0.25, -0.2) is 0 Å². The minimum atomic E-state index is -4.42. The van der Waals surface area contributed by atoms with Crippen molar-refractivity contribution in [2.24, 2.45) is 0 Å². The van der Waals surface area contributed by atoms with E-state index in [1.165, 1.54) is 18.6 Å². The zero-order valence-electron chi connectivity index (χ0n) is 15.2. The van der Waals surface area contributed by atoms with Gasteiger partial charge in [-0.3, -0.25) is 4.79 Å². The highest BCUT2D eigenvalue weighted by Crippen LogP contribution is 2.36. The number of rotatable bonds is 4. The number of likely N-dealkylation sites (N-methyl/N-ethyl adjacent to an activating group) is 1. The molecule has 1 amide bonds. The summed E-state index contributed by atoms with van der Waals surface area (Å²) in [6.45, 7) is 1.61. The molecule has 0 saturated carbocycles. The summed E-state index contributed by atoms with van der Waals surface area (Å²) in [5.74, 6) is -0.204.